The third-order valence-electron chi connectivity index (χ3n) is 6.27. The smallest absolute Gasteiger partial charge is 0.123 e. The van der Waals surface area contributed by atoms with Gasteiger partial charge in [-0.25, -0.2) is 0 Å². The Bertz CT molecular complexity index is 479. The topological polar surface area (TPSA) is 26.3 Å². The fourth-order valence-corrected chi connectivity index (χ4v) is 4.39. The van der Waals surface area contributed by atoms with Crippen molar-refractivity contribution >= 4 is 6.29 Å². The SMILES string of the molecule is CC.CCCC.COc1cccc(C)c1.O=CC(C1CCCCC1)C1CCCCC1. The van der Waals surface area contributed by atoms with Gasteiger partial charge in [-0.2, -0.15) is 0 Å². The van der Waals surface area contributed by atoms with Crippen molar-refractivity contribution in [1.29, 1.82) is 0 Å². The monoisotopic (exact) mass is 418 g/mol. The first-order valence-electron chi connectivity index (χ1n) is 12.7. The molecule has 174 valence electrons. The fourth-order valence-electron chi connectivity index (χ4n) is 4.39. The van der Waals surface area contributed by atoms with Crippen molar-refractivity contribution in [3.05, 3.63) is 29.8 Å². The van der Waals surface area contributed by atoms with E-state index in [4.69, 9.17) is 4.74 Å². The first-order chi connectivity index (χ1) is 14.7. The second-order valence-electron chi connectivity index (χ2n) is 8.53. The molecular formula is C28H50O2. The number of ether oxygens (including phenoxy) is 1. The third-order valence-corrected chi connectivity index (χ3v) is 6.27. The normalized spacial score (nSPS) is 16.8. The summed E-state index contributed by atoms with van der Waals surface area (Å²) < 4.78 is 5.00. The van der Waals surface area contributed by atoms with E-state index in [-0.39, 0.29) is 0 Å². The Morgan fingerprint density at radius 3 is 1.67 bits per heavy atom. The van der Waals surface area contributed by atoms with Crippen LogP contribution in [0.2, 0.25) is 0 Å². The largest absolute Gasteiger partial charge is 0.497 e. The van der Waals surface area contributed by atoms with E-state index in [0.29, 0.717) is 5.92 Å². The Morgan fingerprint density at radius 2 is 1.37 bits per heavy atom. The van der Waals surface area contributed by atoms with Crippen molar-refractivity contribution in [3.8, 4) is 5.75 Å². The first kappa shape index (κ1) is 28.7. The number of unbranched alkanes of at least 4 members (excludes halogenated alkanes) is 1. The molecule has 0 aromatic heterocycles. The molecule has 30 heavy (non-hydrogen) atoms. The first-order valence-corrected chi connectivity index (χ1v) is 12.7. The zero-order valence-electron chi connectivity index (χ0n) is 20.9. The highest BCUT2D eigenvalue weighted by Crippen LogP contribution is 2.38. The van der Waals surface area contributed by atoms with Crippen molar-refractivity contribution in [2.24, 2.45) is 17.8 Å². The molecule has 0 saturated heterocycles. The molecule has 0 atom stereocenters. The number of carbonyl (C=O) groups excluding carboxylic acids is 1. The summed E-state index contributed by atoms with van der Waals surface area (Å²) in [6.45, 7) is 10.4. The van der Waals surface area contributed by atoms with Gasteiger partial charge in [0, 0.05) is 5.92 Å². The third kappa shape index (κ3) is 12.4. The second-order valence-corrected chi connectivity index (χ2v) is 8.53. The zero-order chi connectivity index (χ0) is 22.6. The number of hydrogen-bond donors (Lipinski definition) is 0. The highest BCUT2D eigenvalue weighted by molar-refractivity contribution is 5.54. The minimum atomic E-state index is 0.408. The Kier molecular flexibility index (Phi) is 18.8. The lowest BCUT2D eigenvalue weighted by atomic mass is 9.70. The highest BCUT2D eigenvalue weighted by Gasteiger charge is 2.30. The van der Waals surface area contributed by atoms with Crippen LogP contribution < -0.4 is 4.74 Å². The number of rotatable bonds is 5. The van der Waals surface area contributed by atoms with Crippen molar-refractivity contribution in [2.45, 2.75) is 112 Å². The minimum absolute atomic E-state index is 0.408. The van der Waals surface area contributed by atoms with Gasteiger partial charge >= 0.3 is 0 Å². The average molecular weight is 419 g/mol. The molecule has 2 heteroatoms. The van der Waals surface area contributed by atoms with Crippen LogP contribution in [0, 0.1) is 24.7 Å². The van der Waals surface area contributed by atoms with E-state index in [9.17, 15) is 4.79 Å². The number of carbonyl (C=O) groups is 1. The van der Waals surface area contributed by atoms with Gasteiger partial charge in [-0.3, -0.25) is 0 Å². The molecule has 0 unspecified atom stereocenters. The van der Waals surface area contributed by atoms with E-state index in [1.54, 1.807) is 7.11 Å². The van der Waals surface area contributed by atoms with E-state index >= 15 is 0 Å². The lowest BCUT2D eigenvalue weighted by molar-refractivity contribution is -0.115. The van der Waals surface area contributed by atoms with Gasteiger partial charge in [0.1, 0.15) is 12.0 Å². The summed E-state index contributed by atoms with van der Waals surface area (Å²) in [6.07, 6.45) is 17.5. The van der Waals surface area contributed by atoms with Gasteiger partial charge in [-0.15, -0.1) is 0 Å². The highest BCUT2D eigenvalue weighted by atomic mass is 16.5. The van der Waals surface area contributed by atoms with E-state index in [1.807, 2.05) is 45.0 Å². The quantitative estimate of drug-likeness (QED) is 0.446. The van der Waals surface area contributed by atoms with Crippen LogP contribution in [0.4, 0.5) is 0 Å². The van der Waals surface area contributed by atoms with Gasteiger partial charge in [-0.05, 0) is 62.1 Å². The van der Waals surface area contributed by atoms with Crippen LogP contribution in [0.3, 0.4) is 0 Å². The lowest BCUT2D eigenvalue weighted by Crippen LogP contribution is -2.28. The molecule has 2 aliphatic rings. The van der Waals surface area contributed by atoms with E-state index in [1.165, 1.54) is 88.9 Å². The molecule has 0 heterocycles. The van der Waals surface area contributed by atoms with Crippen molar-refractivity contribution < 1.29 is 9.53 Å². The molecule has 3 rings (SSSR count). The van der Waals surface area contributed by atoms with Gasteiger partial charge in [-0.1, -0.05) is 91.2 Å². The number of methoxy groups -OCH3 is 1. The molecule has 0 bridgehead atoms. The Morgan fingerprint density at radius 1 is 0.900 bits per heavy atom. The summed E-state index contributed by atoms with van der Waals surface area (Å²) in [5.41, 5.74) is 1.23. The van der Waals surface area contributed by atoms with Gasteiger partial charge in [0.2, 0.25) is 0 Å². The molecule has 0 radical (unpaired) electrons. The van der Waals surface area contributed by atoms with Gasteiger partial charge in [0.15, 0.2) is 0 Å². The Labute approximate surface area is 188 Å². The number of benzene rings is 1. The summed E-state index contributed by atoms with van der Waals surface area (Å²) in [6, 6.07) is 7.96. The molecule has 0 spiro atoms. The van der Waals surface area contributed by atoms with Crippen LogP contribution in [0.5, 0.6) is 5.75 Å². The molecule has 1 aromatic carbocycles. The molecule has 2 fully saturated rings. The summed E-state index contributed by atoms with van der Waals surface area (Å²) in [4.78, 5) is 11.3. The van der Waals surface area contributed by atoms with Crippen LogP contribution in [0.15, 0.2) is 24.3 Å². The predicted molar refractivity (Wildman–Crippen MR) is 132 cm³/mol. The second kappa shape index (κ2) is 19.6. The molecule has 2 saturated carbocycles. The van der Waals surface area contributed by atoms with E-state index < -0.39 is 0 Å². The Hall–Kier alpha value is -1.31. The van der Waals surface area contributed by atoms with Crippen molar-refractivity contribution in [1.82, 2.24) is 0 Å². The molecule has 2 nitrogen and oxygen atoms in total. The maximum atomic E-state index is 11.3. The van der Waals surface area contributed by atoms with Gasteiger partial charge in [0.05, 0.1) is 7.11 Å². The summed E-state index contributed by atoms with van der Waals surface area (Å²) in [5.74, 6) is 2.80. The van der Waals surface area contributed by atoms with E-state index in [2.05, 4.69) is 13.8 Å². The summed E-state index contributed by atoms with van der Waals surface area (Å²) in [5, 5.41) is 0. The standard InChI is InChI=1S/C14H24O.C8H10O.C4H10.C2H6/c15-11-14(12-7-3-1-4-8-12)13-9-5-2-6-10-13;1-7-4-3-5-8(6-7)9-2;1-3-4-2;1-2/h11-14H,1-10H2;3-6H,1-2H3;3-4H2,1-2H3;1-2H3. The molecule has 2 aliphatic carbocycles. The zero-order valence-corrected chi connectivity index (χ0v) is 20.9. The minimum Gasteiger partial charge on any atom is -0.497 e. The lowest BCUT2D eigenvalue weighted by Gasteiger charge is -2.34. The molecular weight excluding hydrogens is 368 g/mol. The van der Waals surface area contributed by atoms with Crippen LogP contribution in [-0.4, -0.2) is 13.4 Å². The number of aldehydes is 1. The van der Waals surface area contributed by atoms with Crippen molar-refractivity contribution in [2.75, 3.05) is 7.11 Å². The summed E-state index contributed by atoms with van der Waals surface area (Å²) in [7, 11) is 1.68. The molecule has 0 N–H and O–H groups in total. The van der Waals surface area contributed by atoms with Crippen molar-refractivity contribution in [3.63, 3.8) is 0 Å². The van der Waals surface area contributed by atoms with Gasteiger partial charge < -0.3 is 9.53 Å². The molecule has 0 amide bonds. The maximum absolute atomic E-state index is 11.3. The van der Waals surface area contributed by atoms with Crippen LogP contribution >= 0.6 is 0 Å². The van der Waals surface area contributed by atoms with Gasteiger partial charge in [0.25, 0.3) is 0 Å². The van der Waals surface area contributed by atoms with E-state index in [0.717, 1.165) is 17.6 Å². The fraction of sp³-hybridized carbons (Fsp3) is 0.750. The van der Waals surface area contributed by atoms with Crippen LogP contribution in [0.25, 0.3) is 0 Å². The Balaban J connectivity index is 0.000000477. The van der Waals surface area contributed by atoms with Crippen LogP contribution in [-0.2, 0) is 4.79 Å². The molecule has 1 aromatic rings. The summed E-state index contributed by atoms with van der Waals surface area (Å²) >= 11 is 0. The average Bonchev–Trinajstić information content (AvgIpc) is 2.83. The number of aryl methyl sites for hydroxylation is 1. The number of hydrogen-bond acceptors (Lipinski definition) is 2. The molecule has 0 aliphatic heterocycles. The maximum Gasteiger partial charge on any atom is 0.123 e. The van der Waals surface area contributed by atoms with Crippen LogP contribution in [0.1, 0.15) is 110 Å². The predicted octanol–water partition coefficient (Wildman–Crippen LogP) is 8.80.